The molecule has 5 nitrogen and oxygen atoms in total. The highest BCUT2D eigenvalue weighted by molar-refractivity contribution is 7.89. The molecule has 0 fully saturated rings. The van der Waals surface area contributed by atoms with Gasteiger partial charge in [0, 0.05) is 0 Å². The van der Waals surface area contributed by atoms with Crippen LogP contribution in [0, 0.1) is 0 Å². The van der Waals surface area contributed by atoms with Crippen molar-refractivity contribution in [1.29, 1.82) is 0 Å². The summed E-state index contributed by atoms with van der Waals surface area (Å²) in [5.41, 5.74) is 0. The largest absolute Gasteiger partial charge is 0.468 e. The van der Waals surface area contributed by atoms with Crippen molar-refractivity contribution in [2.75, 3.05) is 18.8 Å². The van der Waals surface area contributed by atoms with Crippen molar-refractivity contribution in [1.82, 2.24) is 10.0 Å². The monoisotopic (exact) mass is 246 g/mol. The number of rotatable bonds is 8. The van der Waals surface area contributed by atoms with Crippen molar-refractivity contribution >= 4 is 10.0 Å². The zero-order valence-corrected chi connectivity index (χ0v) is 10.2. The van der Waals surface area contributed by atoms with Gasteiger partial charge in [0.2, 0.25) is 10.0 Å². The summed E-state index contributed by atoms with van der Waals surface area (Å²) in [6.45, 7) is 3.79. The van der Waals surface area contributed by atoms with Crippen LogP contribution >= 0.6 is 0 Å². The van der Waals surface area contributed by atoms with Gasteiger partial charge in [-0.2, -0.15) is 0 Å². The van der Waals surface area contributed by atoms with Gasteiger partial charge in [0.15, 0.2) is 0 Å². The van der Waals surface area contributed by atoms with Crippen LogP contribution in [0.3, 0.4) is 0 Å². The maximum absolute atomic E-state index is 11.5. The lowest BCUT2D eigenvalue weighted by Crippen LogP contribution is -2.27. The van der Waals surface area contributed by atoms with Crippen LogP contribution in [0.4, 0.5) is 0 Å². The lowest BCUT2D eigenvalue weighted by atomic mass is 10.5. The van der Waals surface area contributed by atoms with E-state index in [1.54, 1.807) is 12.1 Å². The molecule has 0 saturated carbocycles. The molecular formula is C10H18N2O3S. The Hall–Kier alpha value is -0.850. The van der Waals surface area contributed by atoms with Gasteiger partial charge in [-0.1, -0.05) is 6.92 Å². The smallest absolute Gasteiger partial charge is 0.212 e. The fraction of sp³-hybridized carbons (Fsp3) is 0.600. The number of hydrogen-bond acceptors (Lipinski definition) is 4. The molecule has 2 N–H and O–H groups in total. The van der Waals surface area contributed by atoms with Crippen LogP contribution < -0.4 is 10.0 Å². The highest BCUT2D eigenvalue weighted by Gasteiger charge is 2.09. The Bertz CT molecular complexity index is 373. The van der Waals surface area contributed by atoms with Crippen LogP contribution in [-0.2, 0) is 16.6 Å². The van der Waals surface area contributed by atoms with Gasteiger partial charge in [-0.15, -0.1) is 0 Å². The molecule has 1 aromatic heterocycles. The molecule has 0 aliphatic heterocycles. The molecule has 1 heterocycles. The normalized spacial score (nSPS) is 11.8. The van der Waals surface area contributed by atoms with E-state index < -0.39 is 10.0 Å². The number of hydrogen-bond donors (Lipinski definition) is 2. The van der Waals surface area contributed by atoms with Gasteiger partial charge in [0.25, 0.3) is 0 Å². The van der Waals surface area contributed by atoms with Crippen molar-refractivity contribution in [3.8, 4) is 0 Å². The van der Waals surface area contributed by atoms with Crippen molar-refractivity contribution in [3.05, 3.63) is 24.2 Å². The number of sulfonamides is 1. The average Bonchev–Trinajstić information content (AvgIpc) is 2.75. The van der Waals surface area contributed by atoms with E-state index in [2.05, 4.69) is 10.0 Å². The molecule has 6 heteroatoms. The first-order valence-electron chi connectivity index (χ1n) is 5.34. The fourth-order valence-electron chi connectivity index (χ4n) is 1.23. The first kappa shape index (κ1) is 13.2. The minimum atomic E-state index is -3.19. The highest BCUT2D eigenvalue weighted by atomic mass is 32.2. The third kappa shape index (κ3) is 5.29. The summed E-state index contributed by atoms with van der Waals surface area (Å²) in [6, 6.07) is 3.47. The van der Waals surface area contributed by atoms with E-state index in [0.29, 0.717) is 12.2 Å². The molecule has 16 heavy (non-hydrogen) atoms. The van der Waals surface area contributed by atoms with Crippen LogP contribution in [0.2, 0.25) is 0 Å². The summed E-state index contributed by atoms with van der Waals surface area (Å²) >= 11 is 0. The van der Waals surface area contributed by atoms with Gasteiger partial charge < -0.3 is 9.73 Å². The van der Waals surface area contributed by atoms with Crippen molar-refractivity contribution < 1.29 is 12.8 Å². The zero-order chi connectivity index (χ0) is 11.9. The van der Waals surface area contributed by atoms with E-state index in [0.717, 1.165) is 13.1 Å². The Labute approximate surface area is 96.3 Å². The van der Waals surface area contributed by atoms with Crippen LogP contribution in [0.5, 0.6) is 0 Å². The molecule has 0 bridgehead atoms. The second kappa shape index (κ2) is 6.67. The van der Waals surface area contributed by atoms with Gasteiger partial charge in [0.05, 0.1) is 18.6 Å². The van der Waals surface area contributed by atoms with Crippen LogP contribution in [-0.4, -0.2) is 27.3 Å². The Morgan fingerprint density at radius 2 is 2.25 bits per heavy atom. The predicted octanol–water partition coefficient (Wildman–Crippen LogP) is 0.699. The first-order chi connectivity index (χ1) is 7.64. The summed E-state index contributed by atoms with van der Waals surface area (Å²) in [7, 11) is -3.19. The molecule has 92 valence electrons. The Morgan fingerprint density at radius 3 is 2.88 bits per heavy atom. The lowest BCUT2D eigenvalue weighted by molar-refractivity contribution is 0.498. The van der Waals surface area contributed by atoms with Gasteiger partial charge >= 0.3 is 0 Å². The van der Waals surface area contributed by atoms with Gasteiger partial charge in [-0.25, -0.2) is 13.1 Å². The van der Waals surface area contributed by atoms with Gasteiger partial charge in [-0.05, 0) is 31.6 Å². The molecule has 0 aliphatic rings. The molecular weight excluding hydrogens is 228 g/mol. The van der Waals surface area contributed by atoms with Crippen molar-refractivity contribution in [2.24, 2.45) is 0 Å². The van der Waals surface area contributed by atoms with E-state index in [1.165, 1.54) is 6.26 Å². The summed E-state index contributed by atoms with van der Waals surface area (Å²) in [4.78, 5) is 0. The quantitative estimate of drug-likeness (QED) is 0.662. The van der Waals surface area contributed by atoms with E-state index in [9.17, 15) is 8.42 Å². The topological polar surface area (TPSA) is 71.3 Å². The Balaban J connectivity index is 2.23. The Morgan fingerprint density at radius 1 is 1.44 bits per heavy atom. The number of nitrogens with one attached hydrogen (secondary N) is 2. The second-order valence-electron chi connectivity index (χ2n) is 3.43. The second-order valence-corrected chi connectivity index (χ2v) is 5.35. The van der Waals surface area contributed by atoms with E-state index in [-0.39, 0.29) is 12.3 Å². The molecule has 0 aromatic carbocycles. The Kier molecular flexibility index (Phi) is 5.51. The van der Waals surface area contributed by atoms with Crippen LogP contribution in [0.15, 0.2) is 22.8 Å². The minimum Gasteiger partial charge on any atom is -0.468 e. The molecule has 0 spiro atoms. The molecule has 0 amide bonds. The molecule has 0 atom stereocenters. The third-order valence-electron chi connectivity index (χ3n) is 2.06. The maximum Gasteiger partial charge on any atom is 0.212 e. The third-order valence-corrected chi connectivity index (χ3v) is 3.47. The highest BCUT2D eigenvalue weighted by Crippen LogP contribution is 2.00. The van der Waals surface area contributed by atoms with E-state index in [1.807, 2.05) is 6.92 Å². The predicted molar refractivity (Wildman–Crippen MR) is 62.5 cm³/mol. The minimum absolute atomic E-state index is 0.140. The molecule has 1 aromatic rings. The first-order valence-corrected chi connectivity index (χ1v) is 6.99. The molecule has 0 radical (unpaired) electrons. The van der Waals surface area contributed by atoms with Crippen LogP contribution in [0.25, 0.3) is 0 Å². The lowest BCUT2D eigenvalue weighted by Gasteiger charge is -2.05. The van der Waals surface area contributed by atoms with Gasteiger partial charge in [0.1, 0.15) is 5.76 Å². The zero-order valence-electron chi connectivity index (χ0n) is 9.40. The summed E-state index contributed by atoms with van der Waals surface area (Å²) in [6.07, 6.45) is 2.14. The van der Waals surface area contributed by atoms with Crippen LogP contribution in [0.1, 0.15) is 19.1 Å². The van der Waals surface area contributed by atoms with Crippen molar-refractivity contribution in [3.63, 3.8) is 0 Å². The molecule has 0 unspecified atom stereocenters. The average molecular weight is 246 g/mol. The molecule has 1 rings (SSSR count). The molecule has 0 saturated heterocycles. The molecule has 0 aliphatic carbocycles. The fourth-order valence-corrected chi connectivity index (χ4v) is 2.26. The van der Waals surface area contributed by atoms with Crippen molar-refractivity contribution in [2.45, 2.75) is 19.9 Å². The summed E-state index contributed by atoms with van der Waals surface area (Å²) in [5.74, 6) is 0.760. The maximum atomic E-state index is 11.5. The summed E-state index contributed by atoms with van der Waals surface area (Å²) in [5, 5.41) is 3.08. The van der Waals surface area contributed by atoms with E-state index >= 15 is 0 Å². The van der Waals surface area contributed by atoms with E-state index in [4.69, 9.17) is 4.42 Å². The summed E-state index contributed by atoms with van der Waals surface area (Å²) < 4.78 is 30.5. The number of furan rings is 1. The van der Waals surface area contributed by atoms with Gasteiger partial charge in [-0.3, -0.25) is 0 Å². The standard InChI is InChI=1S/C10H18N2O3S/c1-2-11-6-4-8-16(13,14)12-9-10-5-3-7-15-10/h3,5,7,11-12H,2,4,6,8-9H2,1H3. The SMILES string of the molecule is CCNCCCS(=O)(=O)NCc1ccco1.